The van der Waals surface area contributed by atoms with E-state index in [1.54, 1.807) is 0 Å². The molecule has 3 N–H and O–H groups in total. The number of alkyl halides is 1. The molecule has 0 aromatic heterocycles. The highest BCUT2D eigenvalue weighted by atomic mass is 19.1. The summed E-state index contributed by atoms with van der Waals surface area (Å²) in [5.74, 6) is 0. The molecule has 66 valence electrons. The van der Waals surface area contributed by atoms with Crippen molar-refractivity contribution in [1.82, 2.24) is 5.32 Å². The molecular formula is C8H17FN2. The maximum atomic E-state index is 12.6. The van der Waals surface area contributed by atoms with Crippen LogP contribution in [0, 0.1) is 5.41 Å². The molecule has 3 atom stereocenters. The van der Waals surface area contributed by atoms with Gasteiger partial charge in [-0.1, -0.05) is 6.92 Å². The number of hydrogen-bond donors (Lipinski definition) is 2. The molecule has 0 bridgehead atoms. The maximum Gasteiger partial charge on any atom is 0.107 e. The van der Waals surface area contributed by atoms with Crippen molar-refractivity contribution < 1.29 is 4.39 Å². The van der Waals surface area contributed by atoms with Gasteiger partial charge >= 0.3 is 0 Å². The van der Waals surface area contributed by atoms with Crippen LogP contribution in [0.25, 0.3) is 0 Å². The van der Waals surface area contributed by atoms with E-state index >= 15 is 0 Å². The smallest absolute Gasteiger partial charge is 0.107 e. The van der Waals surface area contributed by atoms with E-state index in [4.69, 9.17) is 5.73 Å². The predicted octanol–water partition coefficient (Wildman–Crippen LogP) is 0.671. The van der Waals surface area contributed by atoms with Crippen molar-refractivity contribution >= 4 is 0 Å². The third-order valence-electron chi connectivity index (χ3n) is 2.45. The Morgan fingerprint density at radius 1 is 1.82 bits per heavy atom. The fraction of sp³-hybridized carbons (Fsp3) is 1.00. The average Bonchev–Trinajstić information content (AvgIpc) is 2.56. The fourth-order valence-corrected chi connectivity index (χ4v) is 1.02. The lowest BCUT2D eigenvalue weighted by molar-refractivity contribution is 0.352. The van der Waals surface area contributed by atoms with E-state index in [0.29, 0.717) is 19.0 Å². The van der Waals surface area contributed by atoms with Crippen molar-refractivity contribution in [2.24, 2.45) is 11.1 Å². The second-order valence-electron chi connectivity index (χ2n) is 3.84. The molecule has 0 radical (unpaired) electrons. The lowest BCUT2D eigenvalue weighted by atomic mass is 10.1. The van der Waals surface area contributed by atoms with Gasteiger partial charge in [-0.3, -0.25) is 0 Å². The zero-order chi connectivity index (χ0) is 8.48. The van der Waals surface area contributed by atoms with Crippen LogP contribution in [0.2, 0.25) is 0 Å². The van der Waals surface area contributed by atoms with E-state index in [0.717, 1.165) is 6.54 Å². The summed E-state index contributed by atoms with van der Waals surface area (Å²) in [7, 11) is 0. The molecule has 3 heteroatoms. The lowest BCUT2D eigenvalue weighted by Crippen LogP contribution is -2.37. The van der Waals surface area contributed by atoms with E-state index in [-0.39, 0.29) is 5.41 Å². The zero-order valence-electron chi connectivity index (χ0n) is 7.23. The molecule has 0 saturated heterocycles. The molecule has 0 aromatic carbocycles. The van der Waals surface area contributed by atoms with Crippen molar-refractivity contribution in [3.63, 3.8) is 0 Å². The van der Waals surface area contributed by atoms with Crippen LogP contribution < -0.4 is 11.1 Å². The van der Waals surface area contributed by atoms with Gasteiger partial charge in [-0.2, -0.15) is 0 Å². The summed E-state index contributed by atoms with van der Waals surface area (Å²) >= 11 is 0. The highest BCUT2D eigenvalue weighted by molar-refractivity contribution is 5.01. The molecule has 0 spiro atoms. The summed E-state index contributed by atoms with van der Waals surface area (Å²) in [6, 6.07) is 0.305. The molecule has 11 heavy (non-hydrogen) atoms. The minimum atomic E-state index is -0.597. The topological polar surface area (TPSA) is 38.0 Å². The van der Waals surface area contributed by atoms with Crippen LogP contribution in [-0.2, 0) is 0 Å². The van der Waals surface area contributed by atoms with Crippen LogP contribution in [0.3, 0.4) is 0 Å². The molecule has 1 rings (SSSR count). The van der Waals surface area contributed by atoms with E-state index in [9.17, 15) is 4.39 Å². The monoisotopic (exact) mass is 160 g/mol. The van der Waals surface area contributed by atoms with Gasteiger partial charge in [0, 0.05) is 24.5 Å². The first-order chi connectivity index (χ1) is 5.08. The van der Waals surface area contributed by atoms with Crippen LogP contribution >= 0.6 is 0 Å². The first-order valence-electron chi connectivity index (χ1n) is 4.16. The molecule has 0 aromatic rings. The number of rotatable bonds is 4. The van der Waals surface area contributed by atoms with Crippen LogP contribution in [0.1, 0.15) is 20.3 Å². The molecular weight excluding hydrogens is 143 g/mol. The minimum Gasteiger partial charge on any atom is -0.329 e. The standard InChI is InChI=1S/C8H17FN2/c1-6(4-10)11-5-8(2)3-7(8)9/h6-7,11H,3-5,10H2,1-2H3. The normalized spacial score (nSPS) is 38.7. The number of nitrogens with one attached hydrogen (secondary N) is 1. The fourth-order valence-electron chi connectivity index (χ4n) is 1.02. The minimum absolute atomic E-state index is 0.0938. The van der Waals surface area contributed by atoms with Crippen LogP contribution in [0.5, 0.6) is 0 Å². The van der Waals surface area contributed by atoms with Gasteiger partial charge in [-0.05, 0) is 13.3 Å². The number of halogens is 1. The average molecular weight is 160 g/mol. The molecule has 0 heterocycles. The van der Waals surface area contributed by atoms with E-state index < -0.39 is 6.17 Å². The molecule has 2 nitrogen and oxygen atoms in total. The lowest BCUT2D eigenvalue weighted by Gasteiger charge is -2.14. The van der Waals surface area contributed by atoms with E-state index in [1.165, 1.54) is 0 Å². The first kappa shape index (κ1) is 8.94. The first-order valence-corrected chi connectivity index (χ1v) is 4.16. The van der Waals surface area contributed by atoms with Gasteiger partial charge in [-0.15, -0.1) is 0 Å². The Kier molecular flexibility index (Phi) is 2.50. The summed E-state index contributed by atoms with van der Waals surface area (Å²) < 4.78 is 12.6. The van der Waals surface area contributed by atoms with Crippen molar-refractivity contribution in [2.45, 2.75) is 32.5 Å². The van der Waals surface area contributed by atoms with Gasteiger partial charge in [0.2, 0.25) is 0 Å². The second-order valence-corrected chi connectivity index (χ2v) is 3.84. The molecule has 1 aliphatic rings. The predicted molar refractivity (Wildman–Crippen MR) is 44.1 cm³/mol. The van der Waals surface area contributed by atoms with Crippen molar-refractivity contribution in [1.29, 1.82) is 0 Å². The quantitative estimate of drug-likeness (QED) is 0.634. The third kappa shape index (κ3) is 2.14. The SMILES string of the molecule is CC(CN)NCC1(C)CC1F. The van der Waals surface area contributed by atoms with Crippen LogP contribution in [0.15, 0.2) is 0 Å². The Morgan fingerprint density at radius 3 is 2.73 bits per heavy atom. The summed E-state index contributed by atoms with van der Waals surface area (Å²) in [6.07, 6.45) is 0.108. The molecule has 1 saturated carbocycles. The van der Waals surface area contributed by atoms with Crippen LogP contribution in [0.4, 0.5) is 4.39 Å². The van der Waals surface area contributed by atoms with Gasteiger partial charge < -0.3 is 11.1 Å². The van der Waals surface area contributed by atoms with Crippen molar-refractivity contribution in [3.05, 3.63) is 0 Å². The molecule has 0 aliphatic heterocycles. The molecule has 0 amide bonds. The van der Waals surface area contributed by atoms with Crippen molar-refractivity contribution in [2.75, 3.05) is 13.1 Å². The van der Waals surface area contributed by atoms with E-state index in [1.807, 2.05) is 13.8 Å². The Hall–Kier alpha value is -0.150. The molecule has 3 unspecified atom stereocenters. The molecule has 1 fully saturated rings. The highest BCUT2D eigenvalue weighted by Gasteiger charge is 2.50. The van der Waals surface area contributed by atoms with Gasteiger partial charge in [0.25, 0.3) is 0 Å². The number of hydrogen-bond acceptors (Lipinski definition) is 2. The maximum absolute atomic E-state index is 12.6. The third-order valence-corrected chi connectivity index (χ3v) is 2.45. The number of nitrogens with two attached hydrogens (primary N) is 1. The summed E-state index contributed by atoms with van der Waals surface area (Å²) in [5, 5.41) is 3.20. The van der Waals surface area contributed by atoms with Gasteiger partial charge in [-0.25, -0.2) is 4.39 Å². The van der Waals surface area contributed by atoms with E-state index in [2.05, 4.69) is 5.32 Å². The largest absolute Gasteiger partial charge is 0.329 e. The highest BCUT2D eigenvalue weighted by Crippen LogP contribution is 2.47. The molecule has 1 aliphatic carbocycles. The zero-order valence-corrected chi connectivity index (χ0v) is 7.23. The van der Waals surface area contributed by atoms with Gasteiger partial charge in [0.05, 0.1) is 0 Å². The van der Waals surface area contributed by atoms with Crippen molar-refractivity contribution in [3.8, 4) is 0 Å². The summed E-state index contributed by atoms with van der Waals surface area (Å²) in [6.45, 7) is 5.35. The Bertz CT molecular complexity index is 140. The Labute approximate surface area is 67.3 Å². The second kappa shape index (κ2) is 3.07. The van der Waals surface area contributed by atoms with Crippen LogP contribution in [-0.4, -0.2) is 25.3 Å². The Morgan fingerprint density at radius 2 is 2.36 bits per heavy atom. The van der Waals surface area contributed by atoms with Gasteiger partial charge in [0.15, 0.2) is 0 Å². The summed E-state index contributed by atoms with van der Waals surface area (Å²) in [4.78, 5) is 0. The summed E-state index contributed by atoms with van der Waals surface area (Å²) in [5.41, 5.74) is 5.31. The Balaban J connectivity index is 2.13. The van der Waals surface area contributed by atoms with Gasteiger partial charge in [0.1, 0.15) is 6.17 Å².